The molecular formula is C20H28N4O. The predicted molar refractivity (Wildman–Crippen MR) is 98.4 cm³/mol. The summed E-state index contributed by atoms with van der Waals surface area (Å²) in [5.74, 6) is 0.317. The number of hydrogen-bond donors (Lipinski definition) is 0. The third kappa shape index (κ3) is 3.06. The highest BCUT2D eigenvalue weighted by Gasteiger charge is 2.39. The van der Waals surface area contributed by atoms with E-state index in [9.17, 15) is 4.79 Å². The Labute approximate surface area is 149 Å². The molecule has 0 bridgehead atoms. The SMILES string of the molecule is CCC(=O)N1CCCC1C1CCCN1Cc1cn2c(C)cccc2n1. The Hall–Kier alpha value is -1.88. The largest absolute Gasteiger partial charge is 0.338 e. The van der Waals surface area contributed by atoms with Crippen LogP contribution in [-0.4, -0.2) is 50.3 Å². The minimum Gasteiger partial charge on any atom is -0.338 e. The fraction of sp³-hybridized carbons (Fsp3) is 0.600. The first-order chi connectivity index (χ1) is 12.2. The minimum atomic E-state index is 0.317. The molecule has 134 valence electrons. The van der Waals surface area contributed by atoms with E-state index < -0.39 is 0 Å². The molecule has 2 saturated heterocycles. The summed E-state index contributed by atoms with van der Waals surface area (Å²) in [6.45, 7) is 7.03. The summed E-state index contributed by atoms with van der Waals surface area (Å²) in [4.78, 5) is 21.8. The summed E-state index contributed by atoms with van der Waals surface area (Å²) < 4.78 is 2.17. The van der Waals surface area contributed by atoms with Crippen LogP contribution in [0.2, 0.25) is 0 Å². The molecule has 0 radical (unpaired) electrons. The molecule has 2 aliphatic rings. The number of carbonyl (C=O) groups is 1. The van der Waals surface area contributed by atoms with Gasteiger partial charge in [-0.1, -0.05) is 13.0 Å². The lowest BCUT2D eigenvalue weighted by Gasteiger charge is -2.34. The molecule has 2 fully saturated rings. The molecule has 4 rings (SSSR count). The van der Waals surface area contributed by atoms with Crippen LogP contribution in [0.1, 0.15) is 50.4 Å². The van der Waals surface area contributed by atoms with E-state index in [1.807, 2.05) is 6.92 Å². The van der Waals surface area contributed by atoms with Gasteiger partial charge in [0.2, 0.25) is 5.91 Å². The van der Waals surface area contributed by atoms with E-state index >= 15 is 0 Å². The number of fused-ring (bicyclic) bond motifs is 1. The topological polar surface area (TPSA) is 40.9 Å². The van der Waals surface area contributed by atoms with Crippen molar-refractivity contribution in [2.45, 2.75) is 64.6 Å². The van der Waals surface area contributed by atoms with Gasteiger partial charge in [-0.2, -0.15) is 0 Å². The van der Waals surface area contributed by atoms with E-state index in [-0.39, 0.29) is 0 Å². The molecule has 25 heavy (non-hydrogen) atoms. The zero-order valence-corrected chi connectivity index (χ0v) is 15.3. The van der Waals surface area contributed by atoms with Crippen LogP contribution >= 0.6 is 0 Å². The first-order valence-electron chi connectivity index (χ1n) is 9.64. The van der Waals surface area contributed by atoms with E-state index in [0.29, 0.717) is 24.4 Å². The lowest BCUT2D eigenvalue weighted by molar-refractivity contribution is -0.132. The Morgan fingerprint density at radius 3 is 2.80 bits per heavy atom. The van der Waals surface area contributed by atoms with Crippen molar-refractivity contribution < 1.29 is 4.79 Å². The van der Waals surface area contributed by atoms with Gasteiger partial charge >= 0.3 is 0 Å². The summed E-state index contributed by atoms with van der Waals surface area (Å²) in [5, 5.41) is 0. The van der Waals surface area contributed by atoms with Crippen LogP contribution in [0.3, 0.4) is 0 Å². The van der Waals surface area contributed by atoms with Gasteiger partial charge in [0, 0.05) is 43.5 Å². The molecule has 5 nitrogen and oxygen atoms in total. The molecule has 2 unspecified atom stereocenters. The number of likely N-dealkylation sites (tertiary alicyclic amines) is 2. The number of hydrogen-bond acceptors (Lipinski definition) is 3. The normalized spacial score (nSPS) is 24.5. The molecule has 4 heterocycles. The number of imidazole rings is 1. The molecular weight excluding hydrogens is 312 g/mol. The Morgan fingerprint density at radius 2 is 2.00 bits per heavy atom. The minimum absolute atomic E-state index is 0.317. The molecule has 2 atom stereocenters. The molecule has 1 amide bonds. The molecule has 0 N–H and O–H groups in total. The molecule has 0 saturated carbocycles. The van der Waals surface area contributed by atoms with Gasteiger partial charge in [0.15, 0.2) is 0 Å². The lowest BCUT2D eigenvalue weighted by Crippen LogP contribution is -2.47. The second-order valence-corrected chi connectivity index (χ2v) is 7.46. The van der Waals surface area contributed by atoms with Crippen molar-refractivity contribution in [3.63, 3.8) is 0 Å². The van der Waals surface area contributed by atoms with Crippen molar-refractivity contribution in [3.05, 3.63) is 35.8 Å². The molecule has 0 aromatic carbocycles. The first kappa shape index (κ1) is 16.6. The molecule has 0 aliphatic carbocycles. The smallest absolute Gasteiger partial charge is 0.222 e. The Morgan fingerprint density at radius 1 is 1.20 bits per heavy atom. The highest BCUT2D eigenvalue weighted by molar-refractivity contribution is 5.76. The van der Waals surface area contributed by atoms with Crippen molar-refractivity contribution in [1.29, 1.82) is 0 Å². The maximum atomic E-state index is 12.3. The van der Waals surface area contributed by atoms with Gasteiger partial charge in [-0.3, -0.25) is 9.69 Å². The van der Waals surface area contributed by atoms with Crippen molar-refractivity contribution >= 4 is 11.6 Å². The predicted octanol–water partition coefficient (Wildman–Crippen LogP) is 3.01. The average Bonchev–Trinajstić information content (AvgIpc) is 3.33. The van der Waals surface area contributed by atoms with Crippen molar-refractivity contribution in [3.8, 4) is 0 Å². The van der Waals surface area contributed by atoms with Crippen LogP contribution in [0.4, 0.5) is 0 Å². The summed E-state index contributed by atoms with van der Waals surface area (Å²) in [7, 11) is 0. The highest BCUT2D eigenvalue weighted by Crippen LogP contribution is 2.31. The third-order valence-corrected chi connectivity index (χ3v) is 5.89. The fourth-order valence-corrected chi connectivity index (χ4v) is 4.67. The number of nitrogens with zero attached hydrogens (tertiary/aromatic N) is 4. The maximum absolute atomic E-state index is 12.3. The maximum Gasteiger partial charge on any atom is 0.222 e. The summed E-state index contributed by atoms with van der Waals surface area (Å²) in [5.41, 5.74) is 3.37. The van der Waals surface area contributed by atoms with E-state index in [1.54, 1.807) is 0 Å². The monoisotopic (exact) mass is 340 g/mol. The quantitative estimate of drug-likeness (QED) is 0.859. The van der Waals surface area contributed by atoms with Gasteiger partial charge in [0.05, 0.1) is 5.69 Å². The Bertz CT molecular complexity index is 768. The molecule has 2 aromatic heterocycles. The van der Waals surface area contributed by atoms with Crippen molar-refractivity contribution in [2.24, 2.45) is 0 Å². The van der Waals surface area contributed by atoms with Crippen LogP contribution in [0, 0.1) is 6.92 Å². The third-order valence-electron chi connectivity index (χ3n) is 5.89. The van der Waals surface area contributed by atoms with E-state index in [0.717, 1.165) is 43.8 Å². The Balaban J connectivity index is 1.53. The highest BCUT2D eigenvalue weighted by atomic mass is 16.2. The van der Waals surface area contributed by atoms with Crippen molar-refractivity contribution in [2.75, 3.05) is 13.1 Å². The number of pyridine rings is 1. The van der Waals surface area contributed by atoms with Crippen LogP contribution in [0.25, 0.3) is 5.65 Å². The summed E-state index contributed by atoms with van der Waals surface area (Å²) in [6.07, 6.45) is 7.51. The number of aryl methyl sites for hydroxylation is 1. The summed E-state index contributed by atoms with van der Waals surface area (Å²) in [6, 6.07) is 7.13. The number of carbonyl (C=O) groups excluding carboxylic acids is 1. The second kappa shape index (κ2) is 6.79. The standard InChI is InChI=1S/C20H28N4O/c1-3-20(25)23-12-6-9-18(23)17-8-5-11-22(17)13-16-14-24-15(2)7-4-10-19(24)21-16/h4,7,10,14,17-18H,3,5-6,8-9,11-13H2,1-2H3. The molecule has 2 aliphatic heterocycles. The second-order valence-electron chi connectivity index (χ2n) is 7.46. The van der Waals surface area contributed by atoms with Crippen LogP contribution in [-0.2, 0) is 11.3 Å². The Kier molecular flexibility index (Phi) is 4.50. The van der Waals surface area contributed by atoms with Crippen LogP contribution in [0.5, 0.6) is 0 Å². The van der Waals surface area contributed by atoms with E-state index in [2.05, 4.69) is 45.5 Å². The van der Waals surface area contributed by atoms with Gasteiger partial charge in [0.25, 0.3) is 0 Å². The number of rotatable bonds is 4. The zero-order chi connectivity index (χ0) is 17.4. The fourth-order valence-electron chi connectivity index (χ4n) is 4.67. The van der Waals surface area contributed by atoms with E-state index in [4.69, 9.17) is 4.98 Å². The van der Waals surface area contributed by atoms with E-state index in [1.165, 1.54) is 18.5 Å². The zero-order valence-electron chi connectivity index (χ0n) is 15.3. The first-order valence-corrected chi connectivity index (χ1v) is 9.64. The van der Waals surface area contributed by atoms with Gasteiger partial charge in [-0.05, 0) is 51.3 Å². The molecule has 5 heteroatoms. The van der Waals surface area contributed by atoms with Gasteiger partial charge < -0.3 is 9.30 Å². The lowest BCUT2D eigenvalue weighted by atomic mass is 10.0. The van der Waals surface area contributed by atoms with Gasteiger partial charge in [0.1, 0.15) is 5.65 Å². The van der Waals surface area contributed by atoms with Gasteiger partial charge in [-0.15, -0.1) is 0 Å². The van der Waals surface area contributed by atoms with Crippen LogP contribution < -0.4 is 0 Å². The average molecular weight is 340 g/mol. The number of aromatic nitrogens is 2. The van der Waals surface area contributed by atoms with Gasteiger partial charge in [-0.25, -0.2) is 4.98 Å². The number of amides is 1. The molecule has 0 spiro atoms. The molecule has 2 aromatic rings. The summed E-state index contributed by atoms with van der Waals surface area (Å²) >= 11 is 0. The van der Waals surface area contributed by atoms with Crippen molar-refractivity contribution in [1.82, 2.24) is 19.2 Å². The van der Waals surface area contributed by atoms with Crippen LogP contribution in [0.15, 0.2) is 24.4 Å².